The minimum atomic E-state index is -0.256. The zero-order valence-electron chi connectivity index (χ0n) is 13.5. The Hall–Kier alpha value is -2.58. The van der Waals surface area contributed by atoms with Crippen LogP contribution in [0.3, 0.4) is 0 Å². The second-order valence-electron chi connectivity index (χ2n) is 6.39. The van der Waals surface area contributed by atoms with Crippen molar-refractivity contribution in [3.05, 3.63) is 70.3 Å². The number of benzene rings is 2. The lowest BCUT2D eigenvalue weighted by atomic mass is 9.76. The Labute approximate surface area is 132 Å². The quantitative estimate of drug-likeness (QED) is 0.808. The molecule has 0 radical (unpaired) electrons. The second kappa shape index (κ2) is 6.04. The van der Waals surface area contributed by atoms with Gasteiger partial charge in [0.2, 0.25) is 0 Å². The van der Waals surface area contributed by atoms with E-state index in [2.05, 4.69) is 52.0 Å². The molecule has 0 aliphatic heterocycles. The molecule has 0 fully saturated rings. The monoisotopic (exact) mass is 288 g/mol. The molecule has 0 N–H and O–H groups in total. The van der Waals surface area contributed by atoms with Gasteiger partial charge in [-0.1, -0.05) is 52.0 Å². The molecule has 2 heteroatoms. The maximum absolute atomic E-state index is 9.42. The van der Waals surface area contributed by atoms with Crippen LogP contribution in [0, 0.1) is 22.7 Å². The summed E-state index contributed by atoms with van der Waals surface area (Å²) in [5.74, 6) is 0.328. The normalized spacial score (nSPS) is 11.0. The van der Waals surface area contributed by atoms with Crippen molar-refractivity contribution in [2.75, 3.05) is 0 Å². The van der Waals surface area contributed by atoms with E-state index < -0.39 is 0 Å². The van der Waals surface area contributed by atoms with Crippen LogP contribution >= 0.6 is 0 Å². The van der Waals surface area contributed by atoms with Crippen molar-refractivity contribution in [3.8, 4) is 12.1 Å². The molecule has 0 heterocycles. The van der Waals surface area contributed by atoms with Crippen LogP contribution in [0.4, 0.5) is 0 Å². The van der Waals surface area contributed by atoms with Crippen molar-refractivity contribution in [2.24, 2.45) is 0 Å². The van der Waals surface area contributed by atoms with Crippen molar-refractivity contribution in [1.29, 1.82) is 10.5 Å². The van der Waals surface area contributed by atoms with Crippen molar-refractivity contribution < 1.29 is 0 Å². The predicted molar refractivity (Wildman–Crippen MR) is 88.5 cm³/mol. The highest BCUT2D eigenvalue weighted by atomic mass is 14.3. The molecule has 2 aromatic rings. The van der Waals surface area contributed by atoms with Crippen LogP contribution in [0.1, 0.15) is 61.4 Å². The van der Waals surface area contributed by atoms with Crippen molar-refractivity contribution >= 4 is 0 Å². The van der Waals surface area contributed by atoms with E-state index >= 15 is 0 Å². The molecule has 2 nitrogen and oxygen atoms in total. The van der Waals surface area contributed by atoms with Gasteiger partial charge >= 0.3 is 0 Å². The molecule has 0 spiro atoms. The largest absolute Gasteiger partial charge is 0.192 e. The molecule has 2 rings (SSSR count). The van der Waals surface area contributed by atoms with E-state index in [1.807, 2.05) is 30.3 Å². The molecule has 0 atom stereocenters. The molecule has 110 valence electrons. The number of hydrogen-bond acceptors (Lipinski definition) is 2. The molecule has 0 aromatic heterocycles. The van der Waals surface area contributed by atoms with Gasteiger partial charge in [-0.05, 0) is 40.8 Å². The maximum atomic E-state index is 9.42. The fraction of sp³-hybridized carbons (Fsp3) is 0.300. The molecule has 0 aliphatic carbocycles. The highest BCUT2D eigenvalue weighted by Gasteiger charge is 2.24. The van der Waals surface area contributed by atoms with E-state index in [0.717, 1.165) is 22.3 Å². The smallest absolute Gasteiger partial charge is 0.0994 e. The van der Waals surface area contributed by atoms with Crippen LogP contribution in [-0.2, 0) is 5.41 Å². The summed E-state index contributed by atoms with van der Waals surface area (Å²) in [6.45, 7) is 8.43. The van der Waals surface area contributed by atoms with Crippen LogP contribution in [0.5, 0.6) is 0 Å². The third-order valence-corrected chi connectivity index (χ3v) is 4.23. The van der Waals surface area contributed by atoms with Crippen LogP contribution in [-0.4, -0.2) is 0 Å². The Morgan fingerprint density at radius 1 is 0.909 bits per heavy atom. The molecule has 0 aliphatic rings. The van der Waals surface area contributed by atoms with Crippen LogP contribution in [0.15, 0.2) is 42.5 Å². The summed E-state index contributed by atoms with van der Waals surface area (Å²) >= 11 is 0. The summed E-state index contributed by atoms with van der Waals surface area (Å²) in [7, 11) is 0. The lowest BCUT2D eigenvalue weighted by Crippen LogP contribution is -2.19. The van der Waals surface area contributed by atoms with Crippen molar-refractivity contribution in [3.63, 3.8) is 0 Å². The van der Waals surface area contributed by atoms with Crippen LogP contribution < -0.4 is 0 Å². The fourth-order valence-corrected chi connectivity index (χ4v) is 2.69. The van der Waals surface area contributed by atoms with Crippen LogP contribution in [0.2, 0.25) is 0 Å². The van der Waals surface area contributed by atoms with E-state index in [9.17, 15) is 5.26 Å². The molecular formula is C20H20N2. The highest BCUT2D eigenvalue weighted by Crippen LogP contribution is 2.34. The average molecular weight is 288 g/mol. The first-order chi connectivity index (χ1) is 10.4. The van der Waals surface area contributed by atoms with Gasteiger partial charge in [0.1, 0.15) is 0 Å². The number of rotatable bonds is 3. The van der Waals surface area contributed by atoms with E-state index in [4.69, 9.17) is 5.26 Å². The lowest BCUT2D eigenvalue weighted by molar-refractivity contribution is 0.639. The Kier molecular flexibility index (Phi) is 4.34. The van der Waals surface area contributed by atoms with Gasteiger partial charge in [0.15, 0.2) is 0 Å². The summed E-state index contributed by atoms with van der Waals surface area (Å²) in [6.07, 6.45) is 0. The summed E-state index contributed by atoms with van der Waals surface area (Å²) < 4.78 is 0. The fourth-order valence-electron chi connectivity index (χ4n) is 2.69. The first-order valence-electron chi connectivity index (χ1n) is 7.45. The zero-order chi connectivity index (χ0) is 16.3. The topological polar surface area (TPSA) is 47.6 Å². The second-order valence-corrected chi connectivity index (χ2v) is 6.39. The van der Waals surface area contributed by atoms with Gasteiger partial charge in [0, 0.05) is 5.41 Å². The van der Waals surface area contributed by atoms with Crippen molar-refractivity contribution in [2.45, 2.75) is 39.0 Å². The highest BCUT2D eigenvalue weighted by molar-refractivity contribution is 5.48. The maximum Gasteiger partial charge on any atom is 0.0994 e. The SMILES string of the molecule is CC(C)c1ccc(C(C)(C)c2cccc(C#N)c2)cc1C#N. The Morgan fingerprint density at radius 2 is 1.59 bits per heavy atom. The van der Waals surface area contributed by atoms with Gasteiger partial charge in [-0.3, -0.25) is 0 Å². The molecular weight excluding hydrogens is 268 g/mol. The molecule has 0 saturated carbocycles. The Morgan fingerprint density at radius 3 is 2.18 bits per heavy atom. The van der Waals surface area contributed by atoms with Crippen LogP contribution in [0.25, 0.3) is 0 Å². The van der Waals surface area contributed by atoms with E-state index in [-0.39, 0.29) is 5.41 Å². The molecule has 2 aromatic carbocycles. The van der Waals surface area contributed by atoms with E-state index in [1.165, 1.54) is 0 Å². The van der Waals surface area contributed by atoms with Gasteiger partial charge in [0.05, 0.1) is 23.3 Å². The third-order valence-electron chi connectivity index (χ3n) is 4.23. The number of hydrogen-bond donors (Lipinski definition) is 0. The Balaban J connectivity index is 2.54. The molecule has 22 heavy (non-hydrogen) atoms. The summed E-state index contributed by atoms with van der Waals surface area (Å²) in [6, 6.07) is 18.3. The summed E-state index contributed by atoms with van der Waals surface area (Å²) in [5, 5.41) is 18.5. The standard InChI is InChI=1S/C20H20N2/c1-14(2)19-9-8-18(11-16(19)13-22)20(3,4)17-7-5-6-15(10-17)12-21/h5-11,14H,1-4H3. The summed E-state index contributed by atoms with van der Waals surface area (Å²) in [5.41, 5.74) is 4.37. The van der Waals surface area contributed by atoms with Gasteiger partial charge in [-0.2, -0.15) is 10.5 Å². The molecule has 0 saturated heterocycles. The minimum Gasteiger partial charge on any atom is -0.192 e. The average Bonchev–Trinajstić information content (AvgIpc) is 2.54. The number of nitriles is 2. The zero-order valence-corrected chi connectivity index (χ0v) is 13.5. The van der Waals surface area contributed by atoms with Gasteiger partial charge < -0.3 is 0 Å². The molecule has 0 bridgehead atoms. The number of nitrogens with zero attached hydrogens (tertiary/aromatic N) is 2. The first kappa shape index (κ1) is 15.8. The molecule has 0 amide bonds. The van der Waals surface area contributed by atoms with Crippen molar-refractivity contribution in [1.82, 2.24) is 0 Å². The molecule has 0 unspecified atom stereocenters. The van der Waals surface area contributed by atoms with Gasteiger partial charge in [0.25, 0.3) is 0 Å². The predicted octanol–water partition coefficient (Wildman–Crippen LogP) is 4.88. The van der Waals surface area contributed by atoms with E-state index in [0.29, 0.717) is 11.5 Å². The van der Waals surface area contributed by atoms with Gasteiger partial charge in [-0.25, -0.2) is 0 Å². The lowest BCUT2D eigenvalue weighted by Gasteiger charge is -2.27. The van der Waals surface area contributed by atoms with E-state index in [1.54, 1.807) is 0 Å². The minimum absolute atomic E-state index is 0.256. The van der Waals surface area contributed by atoms with Gasteiger partial charge in [-0.15, -0.1) is 0 Å². The third kappa shape index (κ3) is 2.87. The Bertz CT molecular complexity index is 771. The summed E-state index contributed by atoms with van der Waals surface area (Å²) in [4.78, 5) is 0. The first-order valence-corrected chi connectivity index (χ1v) is 7.45.